The van der Waals surface area contributed by atoms with Crippen LogP contribution in [0.15, 0.2) is 36.4 Å². The molecule has 2 heterocycles. The van der Waals surface area contributed by atoms with Gasteiger partial charge in [-0.2, -0.15) is 18.3 Å². The van der Waals surface area contributed by atoms with Crippen molar-refractivity contribution in [3.63, 3.8) is 0 Å². The summed E-state index contributed by atoms with van der Waals surface area (Å²) in [5, 5.41) is 4.30. The molecule has 1 atom stereocenters. The second-order valence-electron chi connectivity index (χ2n) is 6.67. The molecule has 2 aliphatic rings. The number of carbonyl (C=O) groups excluding carboxylic acids is 1. The van der Waals surface area contributed by atoms with Crippen LogP contribution in [-0.2, 0) is 13.2 Å². The van der Waals surface area contributed by atoms with E-state index in [0.29, 0.717) is 24.3 Å². The fourth-order valence-electron chi connectivity index (χ4n) is 3.38. The molecular weight excluding hydrogens is 347 g/mol. The van der Waals surface area contributed by atoms with Crippen LogP contribution in [0.2, 0.25) is 0 Å². The second kappa shape index (κ2) is 6.34. The molecule has 0 N–H and O–H groups in total. The van der Waals surface area contributed by atoms with E-state index < -0.39 is 24.0 Å². The Balaban J connectivity index is 1.51. The van der Waals surface area contributed by atoms with E-state index >= 15 is 0 Å². The normalized spacial score (nSPS) is 18.6. The molecule has 1 aliphatic heterocycles. The SMILES string of the molecule is O=C1c2cc(COc3ccccc3)nn2CCN1[C@H](C1CC1)C(F)(F)F. The lowest BCUT2D eigenvalue weighted by molar-refractivity contribution is -0.183. The molecule has 8 heteroatoms. The Hall–Kier alpha value is -2.51. The van der Waals surface area contributed by atoms with Crippen molar-refractivity contribution in [2.45, 2.75) is 38.2 Å². The lowest BCUT2D eigenvalue weighted by atomic mass is 10.1. The van der Waals surface area contributed by atoms with E-state index in [1.165, 1.54) is 10.7 Å². The first kappa shape index (κ1) is 16.9. The molecule has 26 heavy (non-hydrogen) atoms. The molecule has 1 saturated carbocycles. The first-order valence-electron chi connectivity index (χ1n) is 8.56. The van der Waals surface area contributed by atoms with E-state index in [1.807, 2.05) is 18.2 Å². The van der Waals surface area contributed by atoms with Gasteiger partial charge in [0.2, 0.25) is 0 Å². The Bertz CT molecular complexity index is 800. The Morgan fingerprint density at radius 1 is 1.19 bits per heavy atom. The zero-order valence-electron chi connectivity index (χ0n) is 13.9. The van der Waals surface area contributed by atoms with E-state index in [0.717, 1.165) is 4.90 Å². The van der Waals surface area contributed by atoms with Crippen molar-refractivity contribution in [3.05, 3.63) is 47.8 Å². The number of para-hydroxylation sites is 1. The molecule has 1 aromatic heterocycles. The van der Waals surface area contributed by atoms with Crippen LogP contribution < -0.4 is 4.74 Å². The van der Waals surface area contributed by atoms with Gasteiger partial charge < -0.3 is 9.64 Å². The Morgan fingerprint density at radius 3 is 2.58 bits per heavy atom. The van der Waals surface area contributed by atoms with Gasteiger partial charge in [0.1, 0.15) is 29.8 Å². The minimum atomic E-state index is -4.40. The summed E-state index contributed by atoms with van der Waals surface area (Å²) in [7, 11) is 0. The van der Waals surface area contributed by atoms with Gasteiger partial charge in [-0.05, 0) is 37.0 Å². The van der Waals surface area contributed by atoms with Gasteiger partial charge in [0.15, 0.2) is 0 Å². The summed E-state index contributed by atoms with van der Waals surface area (Å²) in [6, 6.07) is 8.97. The van der Waals surface area contributed by atoms with Crippen molar-refractivity contribution in [2.75, 3.05) is 6.54 Å². The minimum absolute atomic E-state index is 0.0210. The van der Waals surface area contributed by atoms with Crippen LogP contribution in [-0.4, -0.2) is 39.4 Å². The lowest BCUT2D eigenvalue weighted by Gasteiger charge is -2.35. The van der Waals surface area contributed by atoms with E-state index in [9.17, 15) is 18.0 Å². The smallest absolute Gasteiger partial charge is 0.409 e. The molecule has 0 unspecified atom stereocenters. The topological polar surface area (TPSA) is 47.4 Å². The molecule has 0 bridgehead atoms. The molecule has 1 fully saturated rings. The van der Waals surface area contributed by atoms with Crippen molar-refractivity contribution in [2.24, 2.45) is 5.92 Å². The first-order chi connectivity index (χ1) is 12.4. The predicted octanol–water partition coefficient (Wildman–Crippen LogP) is 3.26. The van der Waals surface area contributed by atoms with Crippen LogP contribution in [0.25, 0.3) is 0 Å². The standard InChI is InChI=1S/C18H18F3N3O2/c19-18(20,21)16(12-6-7-12)23-8-9-24-15(17(23)25)10-13(22-24)11-26-14-4-2-1-3-5-14/h1-5,10,12,16H,6-9,11H2/t16-/m1/s1. The molecule has 1 aliphatic carbocycles. The molecule has 4 rings (SSSR count). The van der Waals surface area contributed by atoms with Gasteiger partial charge in [0.05, 0.1) is 6.54 Å². The average Bonchev–Trinajstić information content (AvgIpc) is 3.33. The summed E-state index contributed by atoms with van der Waals surface area (Å²) in [4.78, 5) is 13.6. The van der Waals surface area contributed by atoms with Crippen molar-refractivity contribution < 1.29 is 22.7 Å². The summed E-state index contributed by atoms with van der Waals surface area (Å²) >= 11 is 0. The van der Waals surface area contributed by atoms with E-state index in [2.05, 4.69) is 5.10 Å². The van der Waals surface area contributed by atoms with Crippen LogP contribution in [0.1, 0.15) is 29.0 Å². The molecule has 0 radical (unpaired) electrons. The Morgan fingerprint density at radius 2 is 1.92 bits per heavy atom. The van der Waals surface area contributed by atoms with Crippen LogP contribution >= 0.6 is 0 Å². The second-order valence-corrected chi connectivity index (χ2v) is 6.67. The summed E-state index contributed by atoms with van der Waals surface area (Å²) in [6.07, 6.45) is -3.37. The highest BCUT2D eigenvalue weighted by Crippen LogP contribution is 2.44. The quantitative estimate of drug-likeness (QED) is 0.817. The highest BCUT2D eigenvalue weighted by molar-refractivity contribution is 5.93. The van der Waals surface area contributed by atoms with Crippen LogP contribution in [0.5, 0.6) is 5.75 Å². The number of aromatic nitrogens is 2. The fourth-order valence-corrected chi connectivity index (χ4v) is 3.38. The highest BCUT2D eigenvalue weighted by atomic mass is 19.4. The predicted molar refractivity (Wildman–Crippen MR) is 86.6 cm³/mol. The van der Waals surface area contributed by atoms with Crippen molar-refractivity contribution in [1.82, 2.24) is 14.7 Å². The Labute approximate surface area is 148 Å². The molecule has 138 valence electrons. The monoisotopic (exact) mass is 365 g/mol. The maximum absolute atomic E-state index is 13.4. The van der Waals surface area contributed by atoms with Crippen LogP contribution in [0.4, 0.5) is 13.2 Å². The van der Waals surface area contributed by atoms with Crippen molar-refractivity contribution in [1.29, 1.82) is 0 Å². The highest BCUT2D eigenvalue weighted by Gasteiger charge is 2.54. The van der Waals surface area contributed by atoms with Crippen molar-refractivity contribution in [3.8, 4) is 5.75 Å². The van der Waals surface area contributed by atoms with Gasteiger partial charge in [-0.15, -0.1) is 0 Å². The fraction of sp³-hybridized carbons (Fsp3) is 0.444. The number of amides is 1. The minimum Gasteiger partial charge on any atom is -0.487 e. The average molecular weight is 365 g/mol. The first-order valence-corrected chi connectivity index (χ1v) is 8.56. The maximum Gasteiger partial charge on any atom is 0.409 e. The molecule has 0 saturated heterocycles. The van der Waals surface area contributed by atoms with Crippen LogP contribution in [0.3, 0.4) is 0 Å². The number of hydrogen-bond donors (Lipinski definition) is 0. The maximum atomic E-state index is 13.4. The van der Waals surface area contributed by atoms with Gasteiger partial charge >= 0.3 is 6.18 Å². The zero-order chi connectivity index (χ0) is 18.3. The lowest BCUT2D eigenvalue weighted by Crippen LogP contribution is -2.53. The number of nitrogens with zero attached hydrogens (tertiary/aromatic N) is 3. The van der Waals surface area contributed by atoms with E-state index in [1.54, 1.807) is 12.1 Å². The summed E-state index contributed by atoms with van der Waals surface area (Å²) in [5.74, 6) is -0.421. The third-order valence-electron chi connectivity index (χ3n) is 4.73. The third kappa shape index (κ3) is 3.27. The number of benzene rings is 1. The van der Waals surface area contributed by atoms with Crippen LogP contribution in [0, 0.1) is 5.92 Å². The molecule has 5 nitrogen and oxygen atoms in total. The largest absolute Gasteiger partial charge is 0.487 e. The van der Waals surface area contributed by atoms with Gasteiger partial charge in [-0.3, -0.25) is 9.48 Å². The summed E-state index contributed by atoms with van der Waals surface area (Å²) in [6.45, 7) is 0.432. The number of halogens is 3. The summed E-state index contributed by atoms with van der Waals surface area (Å²) < 4.78 is 47.3. The number of rotatable bonds is 5. The number of fused-ring (bicyclic) bond motifs is 1. The Kier molecular flexibility index (Phi) is 4.13. The number of carbonyl (C=O) groups is 1. The van der Waals surface area contributed by atoms with Gasteiger partial charge in [-0.25, -0.2) is 0 Å². The van der Waals surface area contributed by atoms with E-state index in [-0.39, 0.29) is 25.4 Å². The van der Waals surface area contributed by atoms with E-state index in [4.69, 9.17) is 4.74 Å². The molecular formula is C18H18F3N3O2. The van der Waals surface area contributed by atoms with Crippen molar-refractivity contribution >= 4 is 5.91 Å². The van der Waals surface area contributed by atoms with Gasteiger partial charge in [-0.1, -0.05) is 18.2 Å². The molecule has 2 aromatic rings. The summed E-state index contributed by atoms with van der Waals surface area (Å²) in [5.41, 5.74) is 0.715. The zero-order valence-corrected chi connectivity index (χ0v) is 13.9. The molecule has 1 aromatic carbocycles. The molecule has 0 spiro atoms. The number of alkyl halides is 3. The molecule has 1 amide bonds. The third-order valence-corrected chi connectivity index (χ3v) is 4.73. The number of hydrogen-bond acceptors (Lipinski definition) is 3. The van der Waals surface area contributed by atoms with Gasteiger partial charge in [0.25, 0.3) is 5.91 Å². The van der Waals surface area contributed by atoms with Gasteiger partial charge in [0, 0.05) is 6.54 Å². The number of ether oxygens (including phenoxy) is 1.